The van der Waals surface area contributed by atoms with E-state index in [9.17, 15) is 0 Å². The summed E-state index contributed by atoms with van der Waals surface area (Å²) in [7, 11) is 1.57. The zero-order valence-electron chi connectivity index (χ0n) is 20.8. The summed E-state index contributed by atoms with van der Waals surface area (Å²) in [6.45, 7) is 4.68. The maximum Gasteiger partial charge on any atom is 0.127 e. The van der Waals surface area contributed by atoms with Crippen molar-refractivity contribution in [2.45, 2.75) is 180 Å². The first-order valence-corrected chi connectivity index (χ1v) is 14.4. The molecule has 0 amide bonds. The van der Waals surface area contributed by atoms with Gasteiger partial charge in [0.05, 0.1) is 0 Å². The van der Waals surface area contributed by atoms with Crippen molar-refractivity contribution < 1.29 is 0 Å². The zero-order chi connectivity index (χ0) is 20.8. The third-order valence-electron chi connectivity index (χ3n) is 7.57. The van der Waals surface area contributed by atoms with Gasteiger partial charge in [0, 0.05) is 0 Å². The van der Waals surface area contributed by atoms with Crippen molar-refractivity contribution >= 4 is 7.28 Å². The van der Waals surface area contributed by atoms with Gasteiger partial charge in [-0.2, -0.15) is 0 Å². The quantitative estimate of drug-likeness (QED) is 0.211. The minimum atomic E-state index is 1.04. The van der Waals surface area contributed by atoms with Crippen molar-refractivity contribution in [3.8, 4) is 0 Å². The van der Waals surface area contributed by atoms with Gasteiger partial charge in [-0.3, -0.25) is 0 Å². The van der Waals surface area contributed by atoms with Crippen LogP contribution in [-0.4, -0.2) is 7.28 Å². The number of unbranched alkanes of at least 4 members (excludes halogenated alkanes) is 7. The fraction of sp³-hybridized carbons (Fsp3) is 1.00. The average Bonchev–Trinajstić information content (AvgIpc) is 2.73. The fourth-order valence-electron chi connectivity index (χ4n) is 5.58. The summed E-state index contributed by atoms with van der Waals surface area (Å²) in [6.07, 6.45) is 35.8. The average molecular weight is 405 g/mol. The second kappa shape index (κ2) is 21.3. The summed E-state index contributed by atoms with van der Waals surface area (Å²) >= 11 is 0. The van der Waals surface area contributed by atoms with Gasteiger partial charge in [-0.1, -0.05) is 180 Å². The molecule has 1 atom stereocenters. The smallest absolute Gasteiger partial charge is 0.0654 e. The Morgan fingerprint density at radius 3 is 1.34 bits per heavy atom. The van der Waals surface area contributed by atoms with Gasteiger partial charge in [-0.25, -0.2) is 0 Å². The van der Waals surface area contributed by atoms with Gasteiger partial charge >= 0.3 is 0 Å². The summed E-state index contributed by atoms with van der Waals surface area (Å²) in [5, 5.41) is 0. The van der Waals surface area contributed by atoms with Crippen LogP contribution in [-0.2, 0) is 0 Å². The van der Waals surface area contributed by atoms with Crippen molar-refractivity contribution in [2.75, 3.05) is 0 Å². The minimum absolute atomic E-state index is 1.04. The van der Waals surface area contributed by atoms with Crippen molar-refractivity contribution in [3.63, 3.8) is 0 Å². The predicted molar refractivity (Wildman–Crippen MR) is 137 cm³/mol. The molecule has 1 heteroatoms. The molecule has 0 aromatic heterocycles. The Morgan fingerprint density at radius 1 is 0.517 bits per heavy atom. The molecule has 1 aliphatic rings. The zero-order valence-corrected chi connectivity index (χ0v) is 20.8. The summed E-state index contributed by atoms with van der Waals surface area (Å²) in [5.41, 5.74) is 0. The van der Waals surface area contributed by atoms with Crippen LogP contribution in [0.5, 0.6) is 0 Å². The Labute approximate surface area is 187 Å². The highest BCUT2D eigenvalue weighted by Gasteiger charge is 2.18. The van der Waals surface area contributed by atoms with E-state index in [4.69, 9.17) is 0 Å². The largest absolute Gasteiger partial charge is 0.127 e. The normalized spacial score (nSPS) is 19.5. The molecule has 0 aromatic rings. The van der Waals surface area contributed by atoms with Gasteiger partial charge < -0.3 is 0 Å². The standard InChI is InChI=1S/C28H57B/c1-3-5-7-16-20-24-27(23-19-8-6-4-2)29-28-25-21-17-14-12-10-9-11-13-15-18-22-26-28/h27-29H,3-26H2,1-2H3. The lowest BCUT2D eigenvalue weighted by molar-refractivity contribution is 0.495. The van der Waals surface area contributed by atoms with Crippen LogP contribution < -0.4 is 0 Å². The molecule has 1 aliphatic carbocycles. The topological polar surface area (TPSA) is 0 Å². The van der Waals surface area contributed by atoms with Crippen LogP contribution in [0.15, 0.2) is 0 Å². The molecule has 1 unspecified atom stereocenters. The van der Waals surface area contributed by atoms with Crippen molar-refractivity contribution in [3.05, 3.63) is 0 Å². The van der Waals surface area contributed by atoms with Gasteiger partial charge in [-0.15, -0.1) is 0 Å². The summed E-state index contributed by atoms with van der Waals surface area (Å²) in [6, 6.07) is 0. The highest BCUT2D eigenvalue weighted by molar-refractivity contribution is 6.39. The van der Waals surface area contributed by atoms with Crippen molar-refractivity contribution in [1.29, 1.82) is 0 Å². The first-order chi connectivity index (χ1) is 14.4. The van der Waals surface area contributed by atoms with Crippen LogP contribution in [0.2, 0.25) is 11.6 Å². The van der Waals surface area contributed by atoms with E-state index in [0.717, 1.165) is 11.6 Å². The van der Waals surface area contributed by atoms with E-state index in [0.29, 0.717) is 0 Å². The lowest BCUT2D eigenvalue weighted by Crippen LogP contribution is -2.13. The van der Waals surface area contributed by atoms with Gasteiger partial charge in [0.1, 0.15) is 7.28 Å². The van der Waals surface area contributed by atoms with Crippen LogP contribution in [0, 0.1) is 0 Å². The first-order valence-electron chi connectivity index (χ1n) is 14.4. The Hall–Kier alpha value is 0.0649. The Bertz CT molecular complexity index is 297. The fourth-order valence-corrected chi connectivity index (χ4v) is 5.58. The summed E-state index contributed by atoms with van der Waals surface area (Å²) in [5.74, 6) is 2.09. The number of hydrogen-bond donors (Lipinski definition) is 0. The van der Waals surface area contributed by atoms with E-state index < -0.39 is 0 Å². The molecule has 0 bridgehead atoms. The number of rotatable bonds is 13. The van der Waals surface area contributed by atoms with Crippen LogP contribution in [0.3, 0.4) is 0 Å². The van der Waals surface area contributed by atoms with E-state index in [1.54, 1.807) is 20.1 Å². The molecule has 0 radical (unpaired) electrons. The van der Waals surface area contributed by atoms with Gasteiger partial charge in [-0.05, 0) is 0 Å². The summed E-state index contributed by atoms with van der Waals surface area (Å²) < 4.78 is 0. The molecule has 1 rings (SSSR count). The lowest BCUT2D eigenvalue weighted by Gasteiger charge is -2.23. The van der Waals surface area contributed by atoms with E-state index in [1.165, 1.54) is 141 Å². The summed E-state index contributed by atoms with van der Waals surface area (Å²) in [4.78, 5) is 0. The van der Waals surface area contributed by atoms with E-state index in [1.807, 2.05) is 0 Å². The molecule has 172 valence electrons. The number of hydrogen-bond acceptors (Lipinski definition) is 0. The molecule has 0 heterocycles. The van der Waals surface area contributed by atoms with E-state index in [-0.39, 0.29) is 0 Å². The van der Waals surface area contributed by atoms with Gasteiger partial charge in [0.2, 0.25) is 0 Å². The maximum absolute atomic E-state index is 2.35. The molecule has 0 saturated heterocycles. The monoisotopic (exact) mass is 404 g/mol. The predicted octanol–water partition coefficient (Wildman–Crippen LogP) is 10.4. The minimum Gasteiger partial charge on any atom is -0.0654 e. The maximum atomic E-state index is 2.35. The SMILES string of the molecule is CCCCCCCC(BC1CCCCCCCCCCCCC1)CCCCCC. The van der Waals surface area contributed by atoms with Gasteiger partial charge in [0.15, 0.2) is 0 Å². The van der Waals surface area contributed by atoms with Crippen molar-refractivity contribution in [1.82, 2.24) is 0 Å². The van der Waals surface area contributed by atoms with Gasteiger partial charge in [0.25, 0.3) is 0 Å². The van der Waals surface area contributed by atoms with Crippen LogP contribution in [0.25, 0.3) is 0 Å². The van der Waals surface area contributed by atoms with E-state index >= 15 is 0 Å². The second-order valence-electron chi connectivity index (χ2n) is 10.5. The Morgan fingerprint density at radius 2 is 0.897 bits per heavy atom. The molecule has 0 aliphatic heterocycles. The van der Waals surface area contributed by atoms with E-state index in [2.05, 4.69) is 13.8 Å². The molecular weight excluding hydrogens is 347 g/mol. The first kappa shape index (κ1) is 27.1. The Kier molecular flexibility index (Phi) is 19.9. The van der Waals surface area contributed by atoms with Crippen LogP contribution in [0.1, 0.15) is 168 Å². The molecule has 0 N–H and O–H groups in total. The second-order valence-corrected chi connectivity index (χ2v) is 10.5. The Balaban J connectivity index is 2.43. The highest BCUT2D eigenvalue weighted by atomic mass is 14.1. The highest BCUT2D eigenvalue weighted by Crippen LogP contribution is 2.32. The lowest BCUT2D eigenvalue weighted by atomic mass is 9.50. The molecule has 1 saturated carbocycles. The molecular formula is C28H57B. The molecule has 29 heavy (non-hydrogen) atoms. The van der Waals surface area contributed by atoms with Crippen LogP contribution in [0.4, 0.5) is 0 Å². The third kappa shape index (κ3) is 17.4. The molecule has 0 aromatic carbocycles. The molecule has 1 fully saturated rings. The van der Waals surface area contributed by atoms with Crippen LogP contribution >= 0.6 is 0 Å². The third-order valence-corrected chi connectivity index (χ3v) is 7.57. The molecule has 0 spiro atoms. The molecule has 0 nitrogen and oxygen atoms in total. The van der Waals surface area contributed by atoms with Crippen molar-refractivity contribution in [2.24, 2.45) is 0 Å².